The van der Waals surface area contributed by atoms with Gasteiger partial charge in [0.15, 0.2) is 0 Å². The van der Waals surface area contributed by atoms with Crippen LogP contribution in [0, 0.1) is 0 Å². The second-order valence-corrected chi connectivity index (χ2v) is 7.05. The normalized spacial score (nSPS) is 16.5. The lowest BCUT2D eigenvalue weighted by Gasteiger charge is -2.27. The van der Waals surface area contributed by atoms with Crippen molar-refractivity contribution in [1.29, 1.82) is 0 Å². The number of carbonyl (C=O) groups is 1. The Bertz CT molecular complexity index is 476. The van der Waals surface area contributed by atoms with Crippen LogP contribution in [0.3, 0.4) is 0 Å². The van der Waals surface area contributed by atoms with Crippen LogP contribution in [0.2, 0.25) is 0 Å². The summed E-state index contributed by atoms with van der Waals surface area (Å²) in [4.78, 5) is 18.7. The molecule has 1 aliphatic heterocycles. The summed E-state index contributed by atoms with van der Waals surface area (Å²) < 4.78 is 0. The van der Waals surface area contributed by atoms with Crippen LogP contribution in [0.25, 0.3) is 0 Å². The molecule has 0 aromatic carbocycles. The SMILES string of the molecule is CC(C)(C)c1cc(C(=O)N2CCSCC2)cc(N)n1. The maximum absolute atomic E-state index is 12.5. The van der Waals surface area contributed by atoms with Gasteiger partial charge in [-0.15, -0.1) is 0 Å². The van der Waals surface area contributed by atoms with Gasteiger partial charge in [-0.3, -0.25) is 4.79 Å². The number of rotatable bonds is 1. The zero-order valence-electron chi connectivity index (χ0n) is 11.8. The number of nitrogens with two attached hydrogens (primary N) is 1. The summed E-state index contributed by atoms with van der Waals surface area (Å²) >= 11 is 1.89. The molecule has 1 amide bonds. The van der Waals surface area contributed by atoms with Crippen LogP contribution in [0.1, 0.15) is 36.8 Å². The van der Waals surface area contributed by atoms with Gasteiger partial charge in [-0.1, -0.05) is 20.8 Å². The molecule has 5 heteroatoms. The summed E-state index contributed by atoms with van der Waals surface area (Å²) in [5, 5.41) is 0. The molecular weight excluding hydrogens is 258 g/mol. The number of carbonyl (C=O) groups excluding carboxylic acids is 1. The highest BCUT2D eigenvalue weighted by Gasteiger charge is 2.22. The van der Waals surface area contributed by atoms with Crippen LogP contribution in [0.15, 0.2) is 12.1 Å². The first-order valence-electron chi connectivity index (χ1n) is 6.53. The molecule has 0 unspecified atom stereocenters. The van der Waals surface area contributed by atoms with E-state index >= 15 is 0 Å². The summed E-state index contributed by atoms with van der Waals surface area (Å²) in [6, 6.07) is 3.56. The Morgan fingerprint density at radius 2 is 1.95 bits per heavy atom. The molecule has 1 aromatic heterocycles. The molecule has 19 heavy (non-hydrogen) atoms. The first-order chi connectivity index (χ1) is 8.88. The molecule has 104 valence electrons. The monoisotopic (exact) mass is 279 g/mol. The molecule has 0 saturated carbocycles. The molecule has 0 bridgehead atoms. The number of hydrogen-bond acceptors (Lipinski definition) is 4. The van der Waals surface area contributed by atoms with Gasteiger partial charge in [0.05, 0.1) is 0 Å². The number of hydrogen-bond donors (Lipinski definition) is 1. The van der Waals surface area contributed by atoms with Crippen molar-refractivity contribution >= 4 is 23.5 Å². The lowest BCUT2D eigenvalue weighted by atomic mass is 9.90. The van der Waals surface area contributed by atoms with Crippen molar-refractivity contribution in [3.8, 4) is 0 Å². The summed E-state index contributed by atoms with van der Waals surface area (Å²) in [5.74, 6) is 2.51. The Morgan fingerprint density at radius 1 is 1.32 bits per heavy atom. The molecule has 0 aliphatic carbocycles. The van der Waals surface area contributed by atoms with Crippen LogP contribution in [-0.4, -0.2) is 40.4 Å². The molecule has 2 rings (SSSR count). The zero-order valence-corrected chi connectivity index (χ0v) is 12.6. The molecule has 2 heterocycles. The first kappa shape index (κ1) is 14.2. The Balaban J connectivity index is 2.28. The maximum Gasteiger partial charge on any atom is 0.254 e. The molecular formula is C14H21N3OS. The summed E-state index contributed by atoms with van der Waals surface area (Å²) in [6.07, 6.45) is 0. The smallest absolute Gasteiger partial charge is 0.254 e. The molecule has 0 atom stereocenters. The van der Waals surface area contributed by atoms with E-state index in [4.69, 9.17) is 5.73 Å². The lowest BCUT2D eigenvalue weighted by molar-refractivity contribution is 0.0772. The number of nitrogen functional groups attached to an aromatic ring is 1. The minimum Gasteiger partial charge on any atom is -0.384 e. The number of thioether (sulfide) groups is 1. The average Bonchev–Trinajstić information content (AvgIpc) is 2.37. The van der Waals surface area contributed by atoms with E-state index in [1.165, 1.54) is 0 Å². The molecule has 0 radical (unpaired) electrons. The van der Waals surface area contributed by atoms with Crippen molar-refractivity contribution in [3.63, 3.8) is 0 Å². The maximum atomic E-state index is 12.5. The number of anilines is 1. The van der Waals surface area contributed by atoms with Crippen molar-refractivity contribution in [3.05, 3.63) is 23.4 Å². The van der Waals surface area contributed by atoms with E-state index in [-0.39, 0.29) is 11.3 Å². The van der Waals surface area contributed by atoms with Crippen LogP contribution >= 0.6 is 11.8 Å². The van der Waals surface area contributed by atoms with E-state index in [9.17, 15) is 4.79 Å². The van der Waals surface area contributed by atoms with E-state index < -0.39 is 0 Å². The first-order valence-corrected chi connectivity index (χ1v) is 7.68. The molecule has 1 aromatic rings. The number of pyridine rings is 1. The summed E-state index contributed by atoms with van der Waals surface area (Å²) in [7, 11) is 0. The lowest BCUT2D eigenvalue weighted by Crippen LogP contribution is -2.38. The summed E-state index contributed by atoms with van der Waals surface area (Å²) in [6.45, 7) is 7.84. The van der Waals surface area contributed by atoms with Gasteiger partial charge in [0.1, 0.15) is 5.82 Å². The van der Waals surface area contributed by atoms with Gasteiger partial charge in [0.25, 0.3) is 5.91 Å². The number of aromatic nitrogens is 1. The van der Waals surface area contributed by atoms with Crippen LogP contribution < -0.4 is 5.73 Å². The molecule has 4 nitrogen and oxygen atoms in total. The standard InChI is InChI=1S/C14H21N3OS/c1-14(2,3)11-8-10(9-12(15)16-11)13(18)17-4-6-19-7-5-17/h8-9H,4-7H2,1-3H3,(H2,15,16). The van der Waals surface area contributed by atoms with Crippen molar-refractivity contribution < 1.29 is 4.79 Å². The van der Waals surface area contributed by atoms with Gasteiger partial charge < -0.3 is 10.6 Å². The minimum atomic E-state index is -0.109. The molecule has 2 N–H and O–H groups in total. The van der Waals surface area contributed by atoms with Gasteiger partial charge in [0.2, 0.25) is 0 Å². The van der Waals surface area contributed by atoms with E-state index in [2.05, 4.69) is 25.8 Å². The summed E-state index contributed by atoms with van der Waals surface area (Å²) in [5.41, 5.74) is 7.25. The van der Waals surface area contributed by atoms with E-state index in [0.717, 1.165) is 30.3 Å². The molecule has 1 fully saturated rings. The second-order valence-electron chi connectivity index (χ2n) is 5.82. The second kappa shape index (κ2) is 5.41. The molecule has 0 spiro atoms. The minimum absolute atomic E-state index is 0.0694. The van der Waals surface area contributed by atoms with Gasteiger partial charge >= 0.3 is 0 Å². The third-order valence-corrected chi connectivity index (χ3v) is 4.10. The quantitative estimate of drug-likeness (QED) is 0.855. The van der Waals surface area contributed by atoms with E-state index in [1.54, 1.807) is 6.07 Å². The van der Waals surface area contributed by atoms with Crippen LogP contribution in [-0.2, 0) is 5.41 Å². The zero-order chi connectivity index (χ0) is 14.0. The van der Waals surface area contributed by atoms with E-state index in [0.29, 0.717) is 11.4 Å². The Hall–Kier alpha value is -1.23. The Labute approximate surface area is 118 Å². The highest BCUT2D eigenvalue weighted by atomic mass is 32.2. The van der Waals surface area contributed by atoms with Gasteiger partial charge in [-0.25, -0.2) is 4.98 Å². The fraction of sp³-hybridized carbons (Fsp3) is 0.571. The average molecular weight is 279 g/mol. The van der Waals surface area contributed by atoms with Crippen molar-refractivity contribution in [1.82, 2.24) is 9.88 Å². The predicted octanol–water partition coefficient (Wildman–Crippen LogP) is 2.15. The Kier molecular flexibility index (Phi) is 4.04. The third-order valence-electron chi connectivity index (χ3n) is 3.16. The fourth-order valence-corrected chi connectivity index (χ4v) is 2.91. The molecule has 1 aliphatic rings. The van der Waals surface area contributed by atoms with Crippen molar-refractivity contribution in [2.75, 3.05) is 30.3 Å². The van der Waals surface area contributed by atoms with Gasteiger partial charge in [0, 0.05) is 41.3 Å². The van der Waals surface area contributed by atoms with Crippen LogP contribution in [0.5, 0.6) is 0 Å². The molecule has 1 saturated heterocycles. The van der Waals surface area contributed by atoms with Gasteiger partial charge in [-0.2, -0.15) is 11.8 Å². The van der Waals surface area contributed by atoms with E-state index in [1.807, 2.05) is 22.7 Å². The predicted molar refractivity (Wildman–Crippen MR) is 80.6 cm³/mol. The highest BCUT2D eigenvalue weighted by molar-refractivity contribution is 7.99. The Morgan fingerprint density at radius 3 is 2.53 bits per heavy atom. The van der Waals surface area contributed by atoms with Gasteiger partial charge in [-0.05, 0) is 12.1 Å². The largest absolute Gasteiger partial charge is 0.384 e. The third kappa shape index (κ3) is 3.41. The fourth-order valence-electron chi connectivity index (χ4n) is 2.01. The number of nitrogens with zero attached hydrogens (tertiary/aromatic N) is 2. The van der Waals surface area contributed by atoms with Crippen molar-refractivity contribution in [2.45, 2.75) is 26.2 Å². The van der Waals surface area contributed by atoms with Crippen molar-refractivity contribution in [2.24, 2.45) is 0 Å². The highest BCUT2D eigenvalue weighted by Crippen LogP contribution is 2.23. The number of amides is 1. The van der Waals surface area contributed by atoms with Crippen LogP contribution in [0.4, 0.5) is 5.82 Å². The topological polar surface area (TPSA) is 59.2 Å².